The van der Waals surface area contributed by atoms with E-state index in [1.165, 1.54) is 0 Å². The Morgan fingerprint density at radius 2 is 1.67 bits per heavy atom. The number of hydrogen-bond acceptors (Lipinski definition) is 9. The van der Waals surface area contributed by atoms with Gasteiger partial charge in [0.2, 0.25) is 0 Å². The molecule has 0 bridgehead atoms. The van der Waals surface area contributed by atoms with Crippen molar-refractivity contribution in [1.29, 1.82) is 0 Å². The summed E-state index contributed by atoms with van der Waals surface area (Å²) in [5, 5.41) is 24.1. The van der Waals surface area contributed by atoms with Crippen LogP contribution in [0.25, 0.3) is 10.9 Å². The SMILES string of the molecule is CCOC(=O)COc1ccc2c(Oc3ccc(C[C@@H](CO)NC[C@H](O)COc4ccccc4)cc3)ccnc2c1.Cl.Cl. The normalized spacial score (nSPS) is 11.9. The molecule has 4 aromatic rings. The molecule has 0 saturated carbocycles. The monoisotopic (exact) mass is 618 g/mol. The van der Waals surface area contributed by atoms with Crippen molar-refractivity contribution in [2.75, 3.05) is 33.0 Å². The van der Waals surface area contributed by atoms with Crippen molar-refractivity contribution in [1.82, 2.24) is 10.3 Å². The summed E-state index contributed by atoms with van der Waals surface area (Å²) in [4.78, 5) is 15.9. The van der Waals surface area contributed by atoms with Crippen LogP contribution in [-0.4, -0.2) is 66.3 Å². The number of nitrogens with one attached hydrogen (secondary N) is 1. The number of rotatable bonds is 15. The van der Waals surface area contributed by atoms with Crippen LogP contribution in [0.3, 0.4) is 0 Å². The number of hydrogen-bond donors (Lipinski definition) is 3. The molecule has 0 aliphatic carbocycles. The molecule has 0 aliphatic heterocycles. The van der Waals surface area contributed by atoms with E-state index in [4.69, 9.17) is 18.9 Å². The highest BCUT2D eigenvalue weighted by Crippen LogP contribution is 2.31. The summed E-state index contributed by atoms with van der Waals surface area (Å²) in [7, 11) is 0. The summed E-state index contributed by atoms with van der Waals surface area (Å²) >= 11 is 0. The van der Waals surface area contributed by atoms with Crippen molar-refractivity contribution in [3.63, 3.8) is 0 Å². The predicted octanol–water partition coefficient (Wildman–Crippen LogP) is 4.75. The highest BCUT2D eigenvalue weighted by molar-refractivity contribution is 5.86. The highest BCUT2D eigenvalue weighted by Gasteiger charge is 2.13. The second-order valence-electron chi connectivity index (χ2n) is 9.10. The molecule has 0 radical (unpaired) electrons. The molecular weight excluding hydrogens is 583 g/mol. The highest BCUT2D eigenvalue weighted by atomic mass is 35.5. The van der Waals surface area contributed by atoms with E-state index in [1.54, 1.807) is 31.3 Å². The number of carbonyl (C=O) groups excluding carboxylic acids is 1. The lowest BCUT2D eigenvalue weighted by Crippen LogP contribution is -2.41. The Balaban J connectivity index is 0.00000308. The van der Waals surface area contributed by atoms with Gasteiger partial charge in [-0.1, -0.05) is 30.3 Å². The van der Waals surface area contributed by atoms with Gasteiger partial charge in [-0.2, -0.15) is 0 Å². The van der Waals surface area contributed by atoms with Crippen LogP contribution in [0.4, 0.5) is 0 Å². The number of carbonyl (C=O) groups is 1. The van der Waals surface area contributed by atoms with E-state index in [0.29, 0.717) is 48.1 Å². The number of aromatic nitrogens is 1. The zero-order valence-corrected chi connectivity index (χ0v) is 24.8. The number of benzene rings is 3. The topological polar surface area (TPSA) is 119 Å². The van der Waals surface area contributed by atoms with Crippen LogP contribution in [0, 0.1) is 0 Å². The summed E-state index contributed by atoms with van der Waals surface area (Å²) in [5.41, 5.74) is 1.68. The van der Waals surface area contributed by atoms with E-state index in [9.17, 15) is 15.0 Å². The third kappa shape index (κ3) is 10.7. The van der Waals surface area contributed by atoms with Gasteiger partial charge in [-0.3, -0.25) is 4.98 Å². The molecule has 1 heterocycles. The van der Waals surface area contributed by atoms with Crippen molar-refractivity contribution in [2.24, 2.45) is 0 Å². The fourth-order valence-corrected chi connectivity index (χ4v) is 4.00. The van der Waals surface area contributed by atoms with Gasteiger partial charge in [0.15, 0.2) is 6.61 Å². The fraction of sp³-hybridized carbons (Fsp3) is 0.290. The van der Waals surface area contributed by atoms with Gasteiger partial charge in [0.1, 0.15) is 35.7 Å². The lowest BCUT2D eigenvalue weighted by atomic mass is 10.1. The molecule has 0 unspecified atom stereocenters. The third-order valence-corrected chi connectivity index (χ3v) is 6.02. The molecule has 3 N–H and O–H groups in total. The van der Waals surface area contributed by atoms with Crippen molar-refractivity contribution in [2.45, 2.75) is 25.5 Å². The van der Waals surface area contributed by atoms with Gasteiger partial charge in [0, 0.05) is 30.2 Å². The Hall–Kier alpha value is -3.60. The molecule has 0 fully saturated rings. The molecule has 2 atom stereocenters. The van der Waals surface area contributed by atoms with Gasteiger partial charge in [0.05, 0.1) is 18.7 Å². The molecule has 226 valence electrons. The Bertz CT molecular complexity index is 1360. The fourth-order valence-electron chi connectivity index (χ4n) is 4.00. The summed E-state index contributed by atoms with van der Waals surface area (Å²) < 4.78 is 22.1. The van der Waals surface area contributed by atoms with E-state index in [-0.39, 0.29) is 50.7 Å². The number of aliphatic hydroxyl groups excluding tert-OH is 2. The average Bonchev–Trinajstić information content (AvgIpc) is 2.98. The standard InChI is InChI=1S/C31H34N2O7.2ClH/c1-2-37-31(36)21-39-27-12-13-28-29(17-27)32-15-14-30(28)40-26-10-8-22(9-11-26)16-23(19-34)33-18-24(35)20-38-25-6-4-3-5-7-25;;/h3-15,17,23-24,33-35H,2,16,18-21H2,1H3;2*1H/t23-,24-;;/m0../s1. The number of aliphatic hydroxyl groups is 2. The second-order valence-corrected chi connectivity index (χ2v) is 9.10. The Morgan fingerprint density at radius 1 is 0.929 bits per heavy atom. The van der Waals surface area contributed by atoms with Crippen molar-refractivity contribution in [3.8, 4) is 23.0 Å². The molecule has 3 aromatic carbocycles. The molecule has 0 spiro atoms. The average molecular weight is 620 g/mol. The van der Waals surface area contributed by atoms with Gasteiger partial charge < -0.3 is 34.5 Å². The minimum Gasteiger partial charge on any atom is -0.491 e. The third-order valence-electron chi connectivity index (χ3n) is 6.02. The van der Waals surface area contributed by atoms with Crippen LogP contribution < -0.4 is 19.5 Å². The van der Waals surface area contributed by atoms with Gasteiger partial charge >= 0.3 is 5.97 Å². The Labute approximate surface area is 257 Å². The molecule has 4 rings (SSSR count). The Kier molecular flexibility index (Phi) is 14.9. The number of ether oxygens (including phenoxy) is 4. The van der Waals surface area contributed by atoms with Gasteiger partial charge in [-0.15, -0.1) is 24.8 Å². The number of esters is 1. The second kappa shape index (κ2) is 18.0. The molecule has 11 heteroatoms. The van der Waals surface area contributed by atoms with Gasteiger partial charge in [-0.25, -0.2) is 4.79 Å². The maximum atomic E-state index is 11.6. The molecule has 1 aromatic heterocycles. The summed E-state index contributed by atoms with van der Waals surface area (Å²) in [5.74, 6) is 2.07. The van der Waals surface area contributed by atoms with Crippen LogP contribution in [0.15, 0.2) is 85.1 Å². The zero-order valence-electron chi connectivity index (χ0n) is 23.2. The lowest BCUT2D eigenvalue weighted by molar-refractivity contribution is -0.145. The minimum absolute atomic E-state index is 0. The van der Waals surface area contributed by atoms with Crippen LogP contribution in [0.2, 0.25) is 0 Å². The number of fused-ring (bicyclic) bond motifs is 1. The predicted molar refractivity (Wildman–Crippen MR) is 165 cm³/mol. The van der Waals surface area contributed by atoms with Crippen LogP contribution in [0.5, 0.6) is 23.0 Å². The first-order valence-electron chi connectivity index (χ1n) is 13.2. The molecular formula is C31H36Cl2N2O7. The number of halogens is 2. The molecule has 0 saturated heterocycles. The first-order valence-corrected chi connectivity index (χ1v) is 13.2. The molecule has 0 aliphatic rings. The van der Waals surface area contributed by atoms with Gasteiger partial charge in [-0.05, 0) is 61.4 Å². The van der Waals surface area contributed by atoms with E-state index in [2.05, 4.69) is 10.3 Å². The van der Waals surface area contributed by atoms with E-state index in [0.717, 1.165) is 10.9 Å². The lowest BCUT2D eigenvalue weighted by Gasteiger charge is -2.19. The van der Waals surface area contributed by atoms with Crippen LogP contribution >= 0.6 is 24.8 Å². The van der Waals surface area contributed by atoms with Crippen LogP contribution in [0.1, 0.15) is 12.5 Å². The van der Waals surface area contributed by atoms with E-state index >= 15 is 0 Å². The first kappa shape index (κ1) is 34.6. The minimum atomic E-state index is -0.708. The summed E-state index contributed by atoms with van der Waals surface area (Å²) in [6.07, 6.45) is 1.52. The van der Waals surface area contributed by atoms with E-state index in [1.807, 2.05) is 60.7 Å². The number of nitrogens with zero attached hydrogens (tertiary/aromatic N) is 1. The Morgan fingerprint density at radius 3 is 2.38 bits per heavy atom. The molecule has 0 amide bonds. The number of pyridine rings is 1. The quantitative estimate of drug-likeness (QED) is 0.162. The number of para-hydroxylation sites is 1. The maximum absolute atomic E-state index is 11.6. The first-order chi connectivity index (χ1) is 19.5. The maximum Gasteiger partial charge on any atom is 0.344 e. The summed E-state index contributed by atoms with van der Waals surface area (Å²) in [6.45, 7) is 2.26. The largest absolute Gasteiger partial charge is 0.491 e. The summed E-state index contributed by atoms with van der Waals surface area (Å²) in [6, 6.07) is 23.9. The zero-order chi connectivity index (χ0) is 28.2. The van der Waals surface area contributed by atoms with Crippen molar-refractivity contribution in [3.05, 3.63) is 90.6 Å². The van der Waals surface area contributed by atoms with Crippen molar-refractivity contribution < 1.29 is 34.0 Å². The smallest absolute Gasteiger partial charge is 0.344 e. The van der Waals surface area contributed by atoms with Crippen molar-refractivity contribution >= 4 is 41.7 Å². The van der Waals surface area contributed by atoms with Crippen LogP contribution in [-0.2, 0) is 16.0 Å². The molecule has 9 nitrogen and oxygen atoms in total. The van der Waals surface area contributed by atoms with E-state index < -0.39 is 12.1 Å². The molecule has 42 heavy (non-hydrogen) atoms. The van der Waals surface area contributed by atoms with Gasteiger partial charge in [0.25, 0.3) is 0 Å².